The van der Waals surface area contributed by atoms with E-state index >= 15 is 0 Å². The zero-order chi connectivity index (χ0) is 19.3. The third kappa shape index (κ3) is 4.41. The fraction of sp³-hybridized carbons (Fsp3) is 0.118. The summed E-state index contributed by atoms with van der Waals surface area (Å²) in [4.78, 5) is 45.4. The third-order valence-corrected chi connectivity index (χ3v) is 3.49. The van der Waals surface area contributed by atoms with Crippen molar-refractivity contribution in [2.24, 2.45) is 5.73 Å². The van der Waals surface area contributed by atoms with Gasteiger partial charge in [-0.3, -0.25) is 24.5 Å². The van der Waals surface area contributed by atoms with Crippen molar-refractivity contribution in [2.45, 2.75) is 6.92 Å². The molecular formula is C17H16N4O5. The van der Waals surface area contributed by atoms with Crippen LogP contribution in [0.4, 0.5) is 11.4 Å². The molecule has 26 heavy (non-hydrogen) atoms. The Hall–Kier alpha value is -3.75. The van der Waals surface area contributed by atoms with Gasteiger partial charge < -0.3 is 16.4 Å². The zero-order valence-electron chi connectivity index (χ0n) is 13.8. The molecule has 0 radical (unpaired) electrons. The van der Waals surface area contributed by atoms with Crippen LogP contribution in [0.1, 0.15) is 26.3 Å². The first-order valence-corrected chi connectivity index (χ1v) is 7.51. The summed E-state index contributed by atoms with van der Waals surface area (Å²) < 4.78 is 0. The number of anilines is 1. The normalized spacial score (nSPS) is 10.0. The molecular weight excluding hydrogens is 340 g/mol. The summed E-state index contributed by atoms with van der Waals surface area (Å²) in [5, 5.41) is 16.1. The number of carbonyl (C=O) groups is 3. The number of hydrogen-bond donors (Lipinski definition) is 3. The fourth-order valence-corrected chi connectivity index (χ4v) is 2.26. The van der Waals surface area contributed by atoms with E-state index in [0.29, 0.717) is 11.3 Å². The molecule has 4 N–H and O–H groups in total. The van der Waals surface area contributed by atoms with E-state index in [1.165, 1.54) is 30.3 Å². The second-order valence-corrected chi connectivity index (χ2v) is 5.41. The van der Waals surface area contributed by atoms with E-state index < -0.39 is 22.6 Å². The number of aryl methyl sites for hydroxylation is 1. The Morgan fingerprint density at radius 2 is 1.73 bits per heavy atom. The van der Waals surface area contributed by atoms with E-state index in [9.17, 15) is 24.5 Å². The van der Waals surface area contributed by atoms with Crippen molar-refractivity contribution in [3.8, 4) is 0 Å². The van der Waals surface area contributed by atoms with Gasteiger partial charge >= 0.3 is 0 Å². The lowest BCUT2D eigenvalue weighted by Crippen LogP contribution is -2.33. The smallest absolute Gasteiger partial charge is 0.285 e. The molecule has 0 aliphatic heterocycles. The number of nitro groups is 1. The summed E-state index contributed by atoms with van der Waals surface area (Å²) in [5.41, 5.74) is 5.64. The van der Waals surface area contributed by atoms with E-state index in [-0.39, 0.29) is 23.4 Å². The van der Waals surface area contributed by atoms with E-state index in [2.05, 4.69) is 10.6 Å². The molecule has 0 aliphatic carbocycles. The van der Waals surface area contributed by atoms with Crippen LogP contribution in [0.2, 0.25) is 0 Å². The molecule has 0 bridgehead atoms. The quantitative estimate of drug-likeness (QED) is 0.529. The van der Waals surface area contributed by atoms with Crippen molar-refractivity contribution in [1.29, 1.82) is 0 Å². The van der Waals surface area contributed by atoms with Crippen LogP contribution in [0.5, 0.6) is 0 Å². The van der Waals surface area contributed by atoms with Gasteiger partial charge in [0.25, 0.3) is 17.5 Å². The number of nitro benzene ring substituents is 1. The first-order valence-electron chi connectivity index (χ1n) is 7.51. The second-order valence-electron chi connectivity index (χ2n) is 5.41. The third-order valence-electron chi connectivity index (χ3n) is 3.49. The summed E-state index contributed by atoms with van der Waals surface area (Å²) >= 11 is 0. The number of nitrogens with one attached hydrogen (secondary N) is 2. The van der Waals surface area contributed by atoms with Gasteiger partial charge in [0.2, 0.25) is 5.91 Å². The van der Waals surface area contributed by atoms with Crippen molar-refractivity contribution in [2.75, 3.05) is 11.9 Å². The van der Waals surface area contributed by atoms with Crippen LogP contribution in [-0.2, 0) is 4.79 Å². The number of benzene rings is 2. The molecule has 0 fully saturated rings. The Labute approximate surface area is 148 Å². The molecule has 9 nitrogen and oxygen atoms in total. The minimum absolute atomic E-state index is 0.0572. The standard InChI is InChI=1S/C17H16N4O5/c1-10-3-2-4-13(15(10)21(25)26)17(24)20-12-7-5-11(6-8-12)16(23)19-9-14(18)22/h2-8H,9H2,1H3,(H2,18,22)(H,19,23)(H,20,24). The minimum Gasteiger partial charge on any atom is -0.368 e. The molecule has 0 aromatic heterocycles. The minimum atomic E-state index is -0.665. The van der Waals surface area contributed by atoms with Gasteiger partial charge in [0.1, 0.15) is 5.56 Å². The summed E-state index contributed by atoms with van der Waals surface area (Å²) in [7, 11) is 0. The number of para-hydroxylation sites is 1. The molecule has 0 saturated heterocycles. The summed E-state index contributed by atoms with van der Waals surface area (Å²) in [6, 6.07) is 10.3. The van der Waals surface area contributed by atoms with Crippen molar-refractivity contribution < 1.29 is 19.3 Å². The van der Waals surface area contributed by atoms with E-state index in [4.69, 9.17) is 5.73 Å². The number of hydrogen-bond acceptors (Lipinski definition) is 5. The summed E-state index contributed by atoms with van der Waals surface area (Å²) in [6.07, 6.45) is 0. The van der Waals surface area contributed by atoms with Crippen LogP contribution in [0.15, 0.2) is 42.5 Å². The molecule has 134 valence electrons. The lowest BCUT2D eigenvalue weighted by atomic mass is 10.1. The van der Waals surface area contributed by atoms with Gasteiger partial charge in [0, 0.05) is 16.8 Å². The average molecular weight is 356 g/mol. The highest BCUT2D eigenvalue weighted by molar-refractivity contribution is 6.07. The average Bonchev–Trinajstić information content (AvgIpc) is 2.59. The van der Waals surface area contributed by atoms with Gasteiger partial charge in [-0.1, -0.05) is 12.1 Å². The number of nitrogens with zero attached hydrogens (tertiary/aromatic N) is 1. The van der Waals surface area contributed by atoms with Crippen molar-refractivity contribution in [1.82, 2.24) is 5.32 Å². The van der Waals surface area contributed by atoms with Crippen LogP contribution < -0.4 is 16.4 Å². The maximum atomic E-state index is 12.3. The first-order chi connectivity index (χ1) is 12.3. The number of rotatable bonds is 6. The molecule has 0 saturated carbocycles. The first kappa shape index (κ1) is 18.6. The Balaban J connectivity index is 2.14. The van der Waals surface area contributed by atoms with Gasteiger partial charge in [-0.05, 0) is 37.3 Å². The molecule has 3 amide bonds. The summed E-state index contributed by atoms with van der Waals surface area (Å²) in [5.74, 6) is -1.79. The maximum Gasteiger partial charge on any atom is 0.285 e. The number of nitrogens with two attached hydrogens (primary N) is 1. The topological polar surface area (TPSA) is 144 Å². The molecule has 2 aromatic carbocycles. The molecule has 9 heteroatoms. The number of primary amides is 1. The lowest BCUT2D eigenvalue weighted by Gasteiger charge is -2.08. The highest BCUT2D eigenvalue weighted by Crippen LogP contribution is 2.24. The lowest BCUT2D eigenvalue weighted by molar-refractivity contribution is -0.385. The van der Waals surface area contributed by atoms with Crippen LogP contribution in [0.25, 0.3) is 0 Å². The van der Waals surface area contributed by atoms with Crippen LogP contribution in [0, 0.1) is 17.0 Å². The molecule has 0 heterocycles. The Morgan fingerprint density at radius 1 is 1.08 bits per heavy atom. The van der Waals surface area contributed by atoms with Crippen LogP contribution in [-0.4, -0.2) is 29.2 Å². The molecule has 2 aromatic rings. The second kappa shape index (κ2) is 7.88. The Bertz CT molecular complexity index is 877. The highest BCUT2D eigenvalue weighted by Gasteiger charge is 2.22. The van der Waals surface area contributed by atoms with Crippen molar-refractivity contribution >= 4 is 29.1 Å². The van der Waals surface area contributed by atoms with E-state index in [1.54, 1.807) is 19.1 Å². The molecule has 0 atom stereocenters. The molecule has 0 aliphatic rings. The van der Waals surface area contributed by atoms with Gasteiger partial charge in [0.15, 0.2) is 0 Å². The predicted molar refractivity (Wildman–Crippen MR) is 93.8 cm³/mol. The number of amides is 3. The van der Waals surface area contributed by atoms with Gasteiger partial charge in [-0.25, -0.2) is 0 Å². The fourth-order valence-electron chi connectivity index (χ4n) is 2.26. The number of carbonyl (C=O) groups excluding carboxylic acids is 3. The molecule has 2 rings (SSSR count). The van der Waals surface area contributed by atoms with Crippen molar-refractivity contribution in [3.63, 3.8) is 0 Å². The Morgan fingerprint density at radius 3 is 2.31 bits per heavy atom. The zero-order valence-corrected chi connectivity index (χ0v) is 13.8. The Kier molecular flexibility index (Phi) is 5.63. The summed E-state index contributed by atoms with van der Waals surface area (Å²) in [6.45, 7) is 1.27. The van der Waals surface area contributed by atoms with Gasteiger partial charge in [0.05, 0.1) is 11.5 Å². The molecule has 0 unspecified atom stereocenters. The largest absolute Gasteiger partial charge is 0.368 e. The van der Waals surface area contributed by atoms with Gasteiger partial charge in [-0.15, -0.1) is 0 Å². The van der Waals surface area contributed by atoms with E-state index in [0.717, 1.165) is 0 Å². The monoisotopic (exact) mass is 356 g/mol. The SMILES string of the molecule is Cc1cccc(C(=O)Nc2ccc(C(=O)NCC(N)=O)cc2)c1[N+](=O)[O-]. The van der Waals surface area contributed by atoms with Gasteiger partial charge in [-0.2, -0.15) is 0 Å². The highest BCUT2D eigenvalue weighted by atomic mass is 16.6. The van der Waals surface area contributed by atoms with E-state index in [1.807, 2.05) is 0 Å². The van der Waals surface area contributed by atoms with Crippen LogP contribution in [0.3, 0.4) is 0 Å². The van der Waals surface area contributed by atoms with Crippen molar-refractivity contribution in [3.05, 3.63) is 69.3 Å². The molecule has 0 spiro atoms. The maximum absolute atomic E-state index is 12.3. The van der Waals surface area contributed by atoms with Crippen LogP contribution >= 0.6 is 0 Å². The predicted octanol–water partition coefficient (Wildman–Crippen LogP) is 1.37.